The SMILES string of the molecule is CCNS(=O)(=O)c1ccccc1NCC(N)C1CC1. The van der Waals surface area contributed by atoms with Crippen molar-refractivity contribution in [1.29, 1.82) is 0 Å². The minimum atomic E-state index is -3.45. The van der Waals surface area contributed by atoms with Gasteiger partial charge in [-0.15, -0.1) is 0 Å². The molecule has 106 valence electrons. The molecule has 1 saturated carbocycles. The van der Waals surface area contributed by atoms with Gasteiger partial charge in [0.2, 0.25) is 10.0 Å². The van der Waals surface area contributed by atoms with Gasteiger partial charge < -0.3 is 11.1 Å². The van der Waals surface area contributed by atoms with Gasteiger partial charge in [-0.05, 0) is 30.9 Å². The third kappa shape index (κ3) is 3.68. The van der Waals surface area contributed by atoms with Gasteiger partial charge >= 0.3 is 0 Å². The molecule has 0 aromatic heterocycles. The molecule has 1 unspecified atom stereocenters. The number of nitrogens with one attached hydrogen (secondary N) is 2. The van der Waals surface area contributed by atoms with Gasteiger partial charge in [-0.3, -0.25) is 0 Å². The van der Waals surface area contributed by atoms with E-state index in [1.165, 1.54) is 12.8 Å². The molecule has 0 spiro atoms. The van der Waals surface area contributed by atoms with Crippen LogP contribution in [0.25, 0.3) is 0 Å². The molecule has 5 nitrogen and oxygen atoms in total. The second-order valence-corrected chi connectivity index (χ2v) is 6.62. The first-order valence-corrected chi connectivity index (χ1v) is 8.11. The van der Waals surface area contributed by atoms with E-state index >= 15 is 0 Å². The first-order valence-electron chi connectivity index (χ1n) is 6.62. The fraction of sp³-hybridized carbons (Fsp3) is 0.538. The number of hydrogen-bond donors (Lipinski definition) is 3. The standard InChI is InChI=1S/C13H21N3O2S/c1-2-16-19(17,18)13-6-4-3-5-12(13)15-9-11(14)10-7-8-10/h3-6,10-11,15-16H,2,7-9,14H2,1H3. The van der Waals surface area contributed by atoms with Crippen LogP contribution in [0.4, 0.5) is 5.69 Å². The number of hydrogen-bond acceptors (Lipinski definition) is 4. The lowest BCUT2D eigenvalue weighted by Gasteiger charge is -2.16. The van der Waals surface area contributed by atoms with Crippen molar-refractivity contribution in [2.75, 3.05) is 18.4 Å². The molecule has 0 amide bonds. The summed E-state index contributed by atoms with van der Waals surface area (Å²) in [4.78, 5) is 0.278. The Morgan fingerprint density at radius 2 is 2.05 bits per heavy atom. The number of nitrogens with two attached hydrogens (primary N) is 1. The second kappa shape index (κ2) is 5.90. The van der Waals surface area contributed by atoms with E-state index in [1.54, 1.807) is 25.1 Å². The molecule has 0 aliphatic heterocycles. The summed E-state index contributed by atoms with van der Waals surface area (Å²) in [5.41, 5.74) is 6.63. The third-order valence-corrected chi connectivity index (χ3v) is 4.87. The van der Waals surface area contributed by atoms with Crippen LogP contribution < -0.4 is 15.8 Å². The molecule has 1 atom stereocenters. The van der Waals surface area contributed by atoms with Crippen LogP contribution in [0.15, 0.2) is 29.2 Å². The lowest BCUT2D eigenvalue weighted by Crippen LogP contribution is -2.32. The van der Waals surface area contributed by atoms with Crippen molar-refractivity contribution >= 4 is 15.7 Å². The monoisotopic (exact) mass is 283 g/mol. The minimum absolute atomic E-state index is 0.0925. The minimum Gasteiger partial charge on any atom is -0.382 e. The molecule has 1 aliphatic rings. The highest BCUT2D eigenvalue weighted by atomic mass is 32.2. The average Bonchev–Trinajstić information content (AvgIpc) is 3.20. The molecule has 4 N–H and O–H groups in total. The van der Waals surface area contributed by atoms with E-state index in [9.17, 15) is 8.42 Å². The van der Waals surface area contributed by atoms with Gasteiger partial charge in [0.25, 0.3) is 0 Å². The van der Waals surface area contributed by atoms with Crippen LogP contribution in [-0.4, -0.2) is 27.5 Å². The molecule has 1 aromatic rings. The summed E-state index contributed by atoms with van der Waals surface area (Å²) in [6.07, 6.45) is 2.36. The zero-order valence-electron chi connectivity index (χ0n) is 11.1. The zero-order valence-corrected chi connectivity index (χ0v) is 11.9. The van der Waals surface area contributed by atoms with Crippen LogP contribution >= 0.6 is 0 Å². The quantitative estimate of drug-likeness (QED) is 0.700. The molecule has 2 rings (SSSR count). The summed E-state index contributed by atoms with van der Waals surface area (Å²) in [5, 5.41) is 3.15. The smallest absolute Gasteiger partial charge is 0.242 e. The van der Waals surface area contributed by atoms with Crippen LogP contribution in [-0.2, 0) is 10.0 Å². The Balaban J connectivity index is 2.11. The Morgan fingerprint density at radius 3 is 2.68 bits per heavy atom. The predicted molar refractivity (Wildman–Crippen MR) is 76.5 cm³/mol. The topological polar surface area (TPSA) is 84.2 Å². The molecule has 19 heavy (non-hydrogen) atoms. The van der Waals surface area contributed by atoms with Crippen molar-refractivity contribution in [3.8, 4) is 0 Å². The van der Waals surface area contributed by atoms with E-state index in [1.807, 2.05) is 6.07 Å². The molecular formula is C13H21N3O2S. The number of para-hydroxylation sites is 1. The first kappa shape index (κ1) is 14.3. The molecule has 1 aliphatic carbocycles. The van der Waals surface area contributed by atoms with E-state index in [-0.39, 0.29) is 10.9 Å². The Kier molecular flexibility index (Phi) is 4.44. The summed E-state index contributed by atoms with van der Waals surface area (Å²) >= 11 is 0. The fourth-order valence-corrected chi connectivity index (χ4v) is 3.26. The molecule has 6 heteroatoms. The maximum atomic E-state index is 12.1. The van der Waals surface area contributed by atoms with Gasteiger partial charge in [0.05, 0.1) is 5.69 Å². The first-order chi connectivity index (χ1) is 9.04. The summed E-state index contributed by atoms with van der Waals surface area (Å²) in [5.74, 6) is 0.588. The third-order valence-electron chi connectivity index (χ3n) is 3.27. The fourth-order valence-electron chi connectivity index (χ4n) is 2.03. The van der Waals surface area contributed by atoms with Gasteiger partial charge in [-0.1, -0.05) is 19.1 Å². The Morgan fingerprint density at radius 1 is 1.37 bits per heavy atom. The van der Waals surface area contributed by atoms with Crippen LogP contribution in [0.2, 0.25) is 0 Å². The molecular weight excluding hydrogens is 262 g/mol. The van der Waals surface area contributed by atoms with Crippen molar-refractivity contribution in [3.63, 3.8) is 0 Å². The largest absolute Gasteiger partial charge is 0.382 e. The highest BCUT2D eigenvalue weighted by Gasteiger charge is 2.28. The van der Waals surface area contributed by atoms with E-state index in [0.717, 1.165) is 0 Å². The number of anilines is 1. The van der Waals surface area contributed by atoms with E-state index in [4.69, 9.17) is 5.73 Å². The van der Waals surface area contributed by atoms with Crippen molar-refractivity contribution in [2.45, 2.75) is 30.7 Å². The average molecular weight is 283 g/mol. The summed E-state index contributed by atoms with van der Waals surface area (Å²) in [6.45, 7) is 2.73. The van der Waals surface area contributed by atoms with Crippen LogP contribution in [0, 0.1) is 5.92 Å². The van der Waals surface area contributed by atoms with Crippen molar-refractivity contribution < 1.29 is 8.42 Å². The highest BCUT2D eigenvalue weighted by Crippen LogP contribution is 2.31. The summed E-state index contributed by atoms with van der Waals surface area (Å²) < 4.78 is 26.6. The second-order valence-electron chi connectivity index (χ2n) is 4.88. The van der Waals surface area contributed by atoms with Gasteiger partial charge in [0, 0.05) is 19.1 Å². The lowest BCUT2D eigenvalue weighted by atomic mass is 10.2. The summed E-state index contributed by atoms with van der Waals surface area (Å²) in [6, 6.07) is 6.99. The molecule has 0 heterocycles. The Hall–Kier alpha value is -1.11. The Labute approximate surface area is 114 Å². The van der Waals surface area contributed by atoms with Crippen LogP contribution in [0.1, 0.15) is 19.8 Å². The van der Waals surface area contributed by atoms with Gasteiger partial charge in [0.15, 0.2) is 0 Å². The number of rotatable bonds is 7. The molecule has 1 aromatic carbocycles. The van der Waals surface area contributed by atoms with Gasteiger partial charge in [-0.2, -0.15) is 0 Å². The van der Waals surface area contributed by atoms with E-state index < -0.39 is 10.0 Å². The molecule has 0 radical (unpaired) electrons. The van der Waals surface area contributed by atoms with E-state index in [2.05, 4.69) is 10.0 Å². The highest BCUT2D eigenvalue weighted by molar-refractivity contribution is 7.89. The Bertz CT molecular complexity index is 526. The van der Waals surface area contributed by atoms with E-state index in [0.29, 0.717) is 24.7 Å². The van der Waals surface area contributed by atoms with Crippen LogP contribution in [0.3, 0.4) is 0 Å². The number of benzene rings is 1. The van der Waals surface area contributed by atoms with Crippen molar-refractivity contribution in [1.82, 2.24) is 4.72 Å². The maximum Gasteiger partial charge on any atom is 0.242 e. The molecule has 0 bridgehead atoms. The molecule has 1 fully saturated rings. The normalized spacial score (nSPS) is 17.2. The molecule has 0 saturated heterocycles. The van der Waals surface area contributed by atoms with Crippen molar-refractivity contribution in [3.05, 3.63) is 24.3 Å². The summed E-state index contributed by atoms with van der Waals surface area (Å²) in [7, 11) is -3.45. The van der Waals surface area contributed by atoms with Crippen molar-refractivity contribution in [2.24, 2.45) is 11.7 Å². The zero-order chi connectivity index (χ0) is 13.9. The van der Waals surface area contributed by atoms with Crippen LogP contribution in [0.5, 0.6) is 0 Å². The van der Waals surface area contributed by atoms with Gasteiger partial charge in [0.1, 0.15) is 4.90 Å². The lowest BCUT2D eigenvalue weighted by molar-refractivity contribution is 0.583. The number of sulfonamides is 1. The predicted octanol–water partition coefficient (Wildman–Crippen LogP) is 1.13. The maximum absolute atomic E-state index is 12.1. The van der Waals surface area contributed by atoms with Gasteiger partial charge in [-0.25, -0.2) is 13.1 Å².